The summed E-state index contributed by atoms with van der Waals surface area (Å²) in [6, 6.07) is 16.2. The van der Waals surface area contributed by atoms with Crippen LogP contribution >= 0.6 is 0 Å². The topological polar surface area (TPSA) is 39.2 Å². The minimum atomic E-state index is -0.215. The van der Waals surface area contributed by atoms with Crippen LogP contribution in [0.4, 0.5) is 0 Å². The lowest BCUT2D eigenvalue weighted by Gasteiger charge is -2.08. The lowest BCUT2D eigenvalue weighted by molar-refractivity contribution is 0.525. The number of nitrogens with two attached hydrogens (primary N) is 1. The van der Waals surface area contributed by atoms with E-state index < -0.39 is 0 Å². The van der Waals surface area contributed by atoms with Gasteiger partial charge in [0.05, 0.1) is 6.04 Å². The Bertz CT molecular complexity index is 710. The second-order valence-corrected chi connectivity index (χ2v) is 5.08. The molecule has 1 heterocycles. The summed E-state index contributed by atoms with van der Waals surface area (Å²) in [5.74, 6) is 0.810. The summed E-state index contributed by atoms with van der Waals surface area (Å²) in [5, 5.41) is 1.11. The summed E-state index contributed by atoms with van der Waals surface area (Å²) in [6.07, 6.45) is 0. The zero-order chi connectivity index (χ0) is 13.4. The van der Waals surface area contributed by atoms with Crippen LogP contribution in [0.2, 0.25) is 0 Å². The Morgan fingerprint density at radius 3 is 2.32 bits per heavy atom. The lowest BCUT2D eigenvalue weighted by atomic mass is 10.0. The minimum Gasteiger partial charge on any atom is -0.459 e. The zero-order valence-electron chi connectivity index (χ0n) is 11.2. The average Bonchev–Trinajstić information content (AvgIpc) is 2.81. The minimum absolute atomic E-state index is 0.215. The summed E-state index contributed by atoms with van der Waals surface area (Å²) in [6.45, 7) is 4.14. The van der Waals surface area contributed by atoms with E-state index in [1.165, 1.54) is 11.1 Å². The molecule has 1 atom stereocenters. The summed E-state index contributed by atoms with van der Waals surface area (Å²) in [4.78, 5) is 0. The summed E-state index contributed by atoms with van der Waals surface area (Å²) < 4.78 is 5.84. The van der Waals surface area contributed by atoms with Crippen molar-refractivity contribution in [2.24, 2.45) is 5.73 Å². The van der Waals surface area contributed by atoms with Gasteiger partial charge in [0.1, 0.15) is 11.3 Å². The second kappa shape index (κ2) is 4.56. The molecule has 1 unspecified atom stereocenters. The molecular formula is C17H17NO. The van der Waals surface area contributed by atoms with Gasteiger partial charge in [-0.1, -0.05) is 41.5 Å². The van der Waals surface area contributed by atoms with Crippen LogP contribution in [0, 0.1) is 13.8 Å². The van der Waals surface area contributed by atoms with Crippen molar-refractivity contribution < 1.29 is 4.42 Å². The number of fused-ring (bicyclic) bond motifs is 1. The van der Waals surface area contributed by atoms with Gasteiger partial charge in [-0.15, -0.1) is 0 Å². The number of furan rings is 1. The van der Waals surface area contributed by atoms with Gasteiger partial charge in [0, 0.05) is 5.39 Å². The monoisotopic (exact) mass is 251 g/mol. The van der Waals surface area contributed by atoms with Gasteiger partial charge in [-0.05, 0) is 37.6 Å². The van der Waals surface area contributed by atoms with Crippen molar-refractivity contribution in [3.8, 4) is 0 Å². The molecule has 96 valence electrons. The maximum absolute atomic E-state index is 6.27. The molecule has 2 heteroatoms. The van der Waals surface area contributed by atoms with E-state index >= 15 is 0 Å². The Labute approximate surface area is 112 Å². The molecule has 2 aromatic carbocycles. The molecule has 2 nitrogen and oxygen atoms in total. The quantitative estimate of drug-likeness (QED) is 0.744. The van der Waals surface area contributed by atoms with Crippen LogP contribution in [0.25, 0.3) is 11.0 Å². The molecule has 19 heavy (non-hydrogen) atoms. The molecule has 0 amide bonds. The van der Waals surface area contributed by atoms with Gasteiger partial charge >= 0.3 is 0 Å². The molecule has 0 aliphatic heterocycles. The van der Waals surface area contributed by atoms with Crippen molar-refractivity contribution in [3.05, 3.63) is 71.0 Å². The first-order chi connectivity index (χ1) is 9.13. The fourth-order valence-corrected chi connectivity index (χ4v) is 2.27. The van der Waals surface area contributed by atoms with Crippen molar-refractivity contribution >= 4 is 11.0 Å². The summed E-state index contributed by atoms with van der Waals surface area (Å²) in [7, 11) is 0. The highest BCUT2D eigenvalue weighted by Crippen LogP contribution is 2.27. The molecule has 1 aromatic heterocycles. The maximum Gasteiger partial charge on any atom is 0.134 e. The first-order valence-electron chi connectivity index (χ1n) is 6.46. The van der Waals surface area contributed by atoms with E-state index in [2.05, 4.69) is 44.2 Å². The molecule has 0 aliphatic rings. The third kappa shape index (κ3) is 2.27. The summed E-state index contributed by atoms with van der Waals surface area (Å²) in [5.41, 5.74) is 10.7. The molecule has 0 saturated carbocycles. The van der Waals surface area contributed by atoms with E-state index in [1.54, 1.807) is 0 Å². The van der Waals surface area contributed by atoms with Gasteiger partial charge in [-0.2, -0.15) is 0 Å². The molecule has 0 fully saturated rings. The van der Waals surface area contributed by atoms with Crippen molar-refractivity contribution in [2.75, 3.05) is 0 Å². The second-order valence-electron chi connectivity index (χ2n) is 5.08. The average molecular weight is 251 g/mol. The van der Waals surface area contributed by atoms with E-state index in [0.29, 0.717) is 0 Å². The predicted molar refractivity (Wildman–Crippen MR) is 78.2 cm³/mol. The van der Waals surface area contributed by atoms with Crippen molar-refractivity contribution in [3.63, 3.8) is 0 Å². The molecule has 0 bridgehead atoms. The molecule has 3 aromatic rings. The van der Waals surface area contributed by atoms with E-state index in [0.717, 1.165) is 22.3 Å². The van der Waals surface area contributed by atoms with Crippen LogP contribution < -0.4 is 5.73 Å². The maximum atomic E-state index is 6.27. The van der Waals surface area contributed by atoms with Gasteiger partial charge in [0.25, 0.3) is 0 Å². The van der Waals surface area contributed by atoms with Gasteiger partial charge < -0.3 is 10.2 Å². The molecule has 0 radical (unpaired) electrons. The Morgan fingerprint density at radius 1 is 0.895 bits per heavy atom. The zero-order valence-corrected chi connectivity index (χ0v) is 11.2. The van der Waals surface area contributed by atoms with Crippen LogP contribution in [0.1, 0.15) is 28.5 Å². The highest BCUT2D eigenvalue weighted by molar-refractivity contribution is 5.78. The van der Waals surface area contributed by atoms with Gasteiger partial charge in [-0.3, -0.25) is 0 Å². The van der Waals surface area contributed by atoms with Crippen LogP contribution in [-0.4, -0.2) is 0 Å². The Morgan fingerprint density at radius 2 is 1.58 bits per heavy atom. The fraction of sp³-hybridized carbons (Fsp3) is 0.176. The van der Waals surface area contributed by atoms with Gasteiger partial charge in [-0.25, -0.2) is 0 Å². The highest BCUT2D eigenvalue weighted by Gasteiger charge is 2.14. The van der Waals surface area contributed by atoms with E-state index in [-0.39, 0.29) is 6.04 Å². The third-order valence-electron chi connectivity index (χ3n) is 3.43. The number of hydrogen-bond donors (Lipinski definition) is 1. The van der Waals surface area contributed by atoms with Crippen LogP contribution in [0.15, 0.2) is 52.9 Å². The predicted octanol–water partition coefficient (Wildman–Crippen LogP) is 4.10. The molecule has 0 spiro atoms. The van der Waals surface area contributed by atoms with Crippen molar-refractivity contribution in [2.45, 2.75) is 19.9 Å². The molecule has 2 N–H and O–H groups in total. The first-order valence-corrected chi connectivity index (χ1v) is 6.46. The number of hydrogen-bond acceptors (Lipinski definition) is 2. The van der Waals surface area contributed by atoms with Crippen LogP contribution in [-0.2, 0) is 0 Å². The fourth-order valence-electron chi connectivity index (χ4n) is 2.27. The Hall–Kier alpha value is -2.06. The molecule has 0 saturated heterocycles. The highest BCUT2D eigenvalue weighted by atomic mass is 16.3. The third-order valence-corrected chi connectivity index (χ3v) is 3.43. The van der Waals surface area contributed by atoms with Crippen molar-refractivity contribution in [1.82, 2.24) is 0 Å². The number of rotatable bonds is 2. The van der Waals surface area contributed by atoms with Gasteiger partial charge in [0.2, 0.25) is 0 Å². The SMILES string of the molecule is Cc1ccc(C(N)c2cc3cc(C)ccc3o2)cc1. The van der Waals surface area contributed by atoms with Crippen molar-refractivity contribution in [1.29, 1.82) is 0 Å². The smallest absolute Gasteiger partial charge is 0.134 e. The van der Waals surface area contributed by atoms with Crippen LogP contribution in [0.3, 0.4) is 0 Å². The normalized spacial score (nSPS) is 12.8. The van der Waals surface area contributed by atoms with E-state index in [9.17, 15) is 0 Å². The largest absolute Gasteiger partial charge is 0.459 e. The molecule has 0 aliphatic carbocycles. The summed E-state index contributed by atoms with van der Waals surface area (Å²) >= 11 is 0. The van der Waals surface area contributed by atoms with E-state index in [1.807, 2.05) is 18.2 Å². The lowest BCUT2D eigenvalue weighted by Crippen LogP contribution is -2.10. The van der Waals surface area contributed by atoms with E-state index in [4.69, 9.17) is 10.2 Å². The first kappa shape index (κ1) is 12.0. The number of aryl methyl sites for hydroxylation is 2. The number of benzene rings is 2. The molecular weight excluding hydrogens is 234 g/mol. The standard InChI is InChI=1S/C17H17NO/c1-11-3-6-13(7-4-11)17(18)16-10-14-9-12(2)5-8-15(14)19-16/h3-10,17H,18H2,1-2H3. The van der Waals surface area contributed by atoms with Crippen LogP contribution in [0.5, 0.6) is 0 Å². The molecule has 3 rings (SSSR count). The van der Waals surface area contributed by atoms with Gasteiger partial charge in [0.15, 0.2) is 0 Å². The Kier molecular flexibility index (Phi) is 2.88. The Balaban J connectivity index is 2.01.